The van der Waals surface area contributed by atoms with Gasteiger partial charge in [-0.2, -0.15) is 5.10 Å². The Hall–Kier alpha value is -1.51. The molecule has 0 aliphatic heterocycles. The van der Waals surface area contributed by atoms with Gasteiger partial charge in [-0.3, -0.25) is 5.10 Å². The minimum atomic E-state index is 0.533. The molecular formula is C8H8N3. The predicted octanol–water partition coefficient (Wildman–Crippen LogP) is 1.33. The fourth-order valence-electron chi connectivity index (χ4n) is 1.08. The summed E-state index contributed by atoms with van der Waals surface area (Å²) in [4.78, 5) is 0. The number of fused-ring (bicyclic) bond motifs is 1. The van der Waals surface area contributed by atoms with Gasteiger partial charge in [0.15, 0.2) is 5.82 Å². The van der Waals surface area contributed by atoms with Gasteiger partial charge in [0.2, 0.25) is 0 Å². The van der Waals surface area contributed by atoms with Crippen molar-refractivity contribution in [3.63, 3.8) is 0 Å². The molecule has 1 radical (unpaired) electrons. The number of nitrogens with one attached hydrogen (secondary N) is 1. The van der Waals surface area contributed by atoms with Crippen LogP contribution in [0.25, 0.3) is 10.9 Å². The highest BCUT2D eigenvalue weighted by atomic mass is 15.1. The van der Waals surface area contributed by atoms with Crippen molar-refractivity contribution in [2.45, 2.75) is 0 Å². The van der Waals surface area contributed by atoms with Crippen molar-refractivity contribution in [3.05, 3.63) is 30.7 Å². The van der Waals surface area contributed by atoms with Gasteiger partial charge < -0.3 is 5.73 Å². The molecule has 0 amide bonds. The van der Waals surface area contributed by atoms with E-state index in [9.17, 15) is 0 Å². The van der Waals surface area contributed by atoms with E-state index in [1.54, 1.807) is 0 Å². The summed E-state index contributed by atoms with van der Waals surface area (Å²) < 4.78 is 0. The third-order valence-electron chi connectivity index (χ3n) is 1.66. The maximum atomic E-state index is 5.57. The Morgan fingerprint density at radius 3 is 3.09 bits per heavy atom. The van der Waals surface area contributed by atoms with E-state index in [2.05, 4.69) is 17.1 Å². The molecular weight excluding hydrogens is 138 g/mol. The van der Waals surface area contributed by atoms with E-state index in [4.69, 9.17) is 5.73 Å². The third-order valence-corrected chi connectivity index (χ3v) is 1.66. The Morgan fingerprint density at radius 2 is 2.27 bits per heavy atom. The maximum absolute atomic E-state index is 5.57. The molecule has 2 aromatic rings. The zero-order valence-electron chi connectivity index (χ0n) is 5.96. The van der Waals surface area contributed by atoms with Crippen LogP contribution in [0, 0.1) is 6.92 Å². The molecule has 0 aliphatic rings. The fourth-order valence-corrected chi connectivity index (χ4v) is 1.08. The lowest BCUT2D eigenvalue weighted by Gasteiger charge is -1.91. The summed E-state index contributed by atoms with van der Waals surface area (Å²) in [6.07, 6.45) is 0. The molecule has 3 heteroatoms. The molecule has 0 saturated carbocycles. The normalized spacial score (nSPS) is 10.6. The molecule has 0 aliphatic carbocycles. The van der Waals surface area contributed by atoms with Crippen molar-refractivity contribution in [3.8, 4) is 0 Å². The fraction of sp³-hybridized carbons (Fsp3) is 0. The van der Waals surface area contributed by atoms with Gasteiger partial charge in [0.05, 0.1) is 5.52 Å². The summed E-state index contributed by atoms with van der Waals surface area (Å²) in [5.41, 5.74) is 7.48. The van der Waals surface area contributed by atoms with Crippen molar-refractivity contribution in [2.24, 2.45) is 0 Å². The summed E-state index contributed by atoms with van der Waals surface area (Å²) in [5, 5.41) is 7.62. The van der Waals surface area contributed by atoms with Crippen LogP contribution in [0.2, 0.25) is 0 Å². The molecule has 0 fully saturated rings. The molecule has 1 heterocycles. The highest BCUT2D eigenvalue weighted by Gasteiger charge is 1.99. The number of nitrogens with two attached hydrogens (primary N) is 1. The van der Waals surface area contributed by atoms with Crippen molar-refractivity contribution in [1.82, 2.24) is 10.2 Å². The van der Waals surface area contributed by atoms with Gasteiger partial charge in [-0.15, -0.1) is 0 Å². The van der Waals surface area contributed by atoms with Gasteiger partial charge >= 0.3 is 0 Å². The Kier molecular flexibility index (Phi) is 1.12. The van der Waals surface area contributed by atoms with Crippen LogP contribution < -0.4 is 5.73 Å². The van der Waals surface area contributed by atoms with Crippen molar-refractivity contribution in [1.29, 1.82) is 0 Å². The Labute approximate surface area is 64.2 Å². The van der Waals surface area contributed by atoms with E-state index in [-0.39, 0.29) is 0 Å². The Bertz CT molecular complexity index is 389. The van der Waals surface area contributed by atoms with Crippen LogP contribution in [0.5, 0.6) is 0 Å². The number of hydrogen-bond donors (Lipinski definition) is 2. The highest BCUT2D eigenvalue weighted by Crippen LogP contribution is 2.18. The van der Waals surface area contributed by atoms with Gasteiger partial charge in [-0.1, -0.05) is 6.07 Å². The largest absolute Gasteiger partial charge is 0.382 e. The number of benzene rings is 1. The average molecular weight is 146 g/mol. The summed E-state index contributed by atoms with van der Waals surface area (Å²) in [6.45, 7) is 3.79. The van der Waals surface area contributed by atoms with E-state index >= 15 is 0 Å². The third kappa shape index (κ3) is 0.852. The molecule has 0 spiro atoms. The topological polar surface area (TPSA) is 54.7 Å². The standard InChI is InChI=1S/C8H8N3/c1-5-2-3-7-6(4-5)8(9)11-10-7/h2-4H,1H2,(H3,9,10,11). The molecule has 0 unspecified atom stereocenters. The molecule has 2 rings (SSSR count). The average Bonchev–Trinajstić information content (AvgIpc) is 2.33. The van der Waals surface area contributed by atoms with Crippen LogP contribution in [0.4, 0.5) is 5.82 Å². The smallest absolute Gasteiger partial charge is 0.153 e. The minimum absolute atomic E-state index is 0.533. The van der Waals surface area contributed by atoms with E-state index < -0.39 is 0 Å². The number of aromatic amines is 1. The van der Waals surface area contributed by atoms with Crippen molar-refractivity contribution in [2.75, 3.05) is 5.73 Å². The summed E-state index contributed by atoms with van der Waals surface area (Å²) >= 11 is 0. The molecule has 1 aromatic heterocycles. The number of nitrogens with zero attached hydrogens (tertiary/aromatic N) is 1. The molecule has 0 atom stereocenters. The first-order valence-electron chi connectivity index (χ1n) is 3.33. The van der Waals surface area contributed by atoms with Crippen LogP contribution in [0.15, 0.2) is 18.2 Å². The number of anilines is 1. The summed E-state index contributed by atoms with van der Waals surface area (Å²) in [7, 11) is 0. The molecule has 3 N–H and O–H groups in total. The zero-order valence-corrected chi connectivity index (χ0v) is 5.96. The Morgan fingerprint density at radius 1 is 1.45 bits per heavy atom. The van der Waals surface area contributed by atoms with Crippen molar-refractivity contribution >= 4 is 16.7 Å². The summed E-state index contributed by atoms with van der Waals surface area (Å²) in [5.74, 6) is 0.533. The molecule has 3 nitrogen and oxygen atoms in total. The van der Waals surface area contributed by atoms with Crippen LogP contribution >= 0.6 is 0 Å². The molecule has 11 heavy (non-hydrogen) atoms. The van der Waals surface area contributed by atoms with E-state index in [1.165, 1.54) is 0 Å². The number of nitrogen functional groups attached to an aromatic ring is 1. The maximum Gasteiger partial charge on any atom is 0.153 e. The van der Waals surface area contributed by atoms with Crippen LogP contribution in [-0.4, -0.2) is 10.2 Å². The van der Waals surface area contributed by atoms with Gasteiger partial charge in [0.1, 0.15) is 0 Å². The van der Waals surface area contributed by atoms with Crippen molar-refractivity contribution < 1.29 is 0 Å². The minimum Gasteiger partial charge on any atom is -0.382 e. The molecule has 0 saturated heterocycles. The first-order valence-corrected chi connectivity index (χ1v) is 3.33. The van der Waals surface area contributed by atoms with E-state index in [1.807, 2.05) is 18.2 Å². The molecule has 1 aromatic carbocycles. The number of aromatic nitrogens is 2. The Balaban J connectivity index is 2.87. The predicted molar refractivity (Wildman–Crippen MR) is 45.0 cm³/mol. The second-order valence-corrected chi connectivity index (χ2v) is 2.49. The monoisotopic (exact) mass is 146 g/mol. The van der Waals surface area contributed by atoms with Gasteiger partial charge in [0.25, 0.3) is 0 Å². The van der Waals surface area contributed by atoms with E-state index in [0.717, 1.165) is 16.5 Å². The van der Waals surface area contributed by atoms with Crippen LogP contribution in [0.3, 0.4) is 0 Å². The highest BCUT2D eigenvalue weighted by molar-refractivity contribution is 5.89. The first-order chi connectivity index (χ1) is 5.27. The summed E-state index contributed by atoms with van der Waals surface area (Å²) in [6, 6.07) is 5.75. The molecule has 0 bridgehead atoms. The van der Waals surface area contributed by atoms with Gasteiger partial charge in [0, 0.05) is 5.39 Å². The number of H-pyrrole nitrogens is 1. The van der Waals surface area contributed by atoms with Gasteiger partial charge in [-0.25, -0.2) is 0 Å². The number of rotatable bonds is 0. The van der Waals surface area contributed by atoms with Crippen LogP contribution in [-0.2, 0) is 0 Å². The first kappa shape index (κ1) is 6.22. The SMILES string of the molecule is [CH2]c1ccc2[nH]nc(N)c2c1. The second-order valence-electron chi connectivity index (χ2n) is 2.49. The number of hydrogen-bond acceptors (Lipinski definition) is 2. The van der Waals surface area contributed by atoms with E-state index in [0.29, 0.717) is 5.82 Å². The zero-order chi connectivity index (χ0) is 7.84. The quantitative estimate of drug-likeness (QED) is 0.589. The lowest BCUT2D eigenvalue weighted by atomic mass is 10.2. The van der Waals surface area contributed by atoms with Crippen LogP contribution in [0.1, 0.15) is 5.56 Å². The second kappa shape index (κ2) is 1.99. The lowest BCUT2D eigenvalue weighted by Crippen LogP contribution is -1.83. The molecule has 55 valence electrons. The van der Waals surface area contributed by atoms with Gasteiger partial charge in [-0.05, 0) is 24.6 Å². The lowest BCUT2D eigenvalue weighted by molar-refractivity contribution is 1.13.